The van der Waals surface area contributed by atoms with Crippen molar-refractivity contribution >= 4 is 11.9 Å². The third-order valence-corrected chi connectivity index (χ3v) is 6.15. The average Bonchev–Trinajstić information content (AvgIpc) is 2.88. The summed E-state index contributed by atoms with van der Waals surface area (Å²) in [5, 5.41) is 13.8. The summed E-state index contributed by atoms with van der Waals surface area (Å²) in [5.74, 6) is 0.936. The molecule has 0 unspecified atom stereocenters. The van der Waals surface area contributed by atoms with Crippen molar-refractivity contribution < 1.29 is 14.3 Å². The van der Waals surface area contributed by atoms with Crippen molar-refractivity contribution in [2.45, 2.75) is 59.4 Å². The van der Waals surface area contributed by atoms with E-state index >= 15 is 0 Å². The van der Waals surface area contributed by atoms with Gasteiger partial charge in [-0.05, 0) is 49.9 Å². The number of nitrogens with one attached hydrogen (secondary N) is 2. The molecule has 1 amide bonds. The first-order valence-electron chi connectivity index (χ1n) is 9.15. The van der Waals surface area contributed by atoms with Crippen LogP contribution in [0.3, 0.4) is 0 Å². The second-order valence-electron chi connectivity index (χ2n) is 8.07. The van der Waals surface area contributed by atoms with E-state index in [4.69, 9.17) is 4.74 Å². The third kappa shape index (κ3) is 3.55. The molecule has 1 heterocycles. The van der Waals surface area contributed by atoms with Gasteiger partial charge >= 0.3 is 6.09 Å². The summed E-state index contributed by atoms with van der Waals surface area (Å²) in [6, 6.07) is -0.487. The first kappa shape index (κ1) is 17.9. The van der Waals surface area contributed by atoms with Gasteiger partial charge in [0, 0.05) is 5.92 Å². The molecule has 2 N–H and O–H groups in total. The van der Waals surface area contributed by atoms with Crippen LogP contribution in [0.25, 0.3) is 0 Å². The number of ether oxygens (including phenoxy) is 1. The van der Waals surface area contributed by atoms with Gasteiger partial charge in [0.2, 0.25) is 0 Å². The second kappa shape index (κ2) is 6.77. The minimum absolute atomic E-state index is 0.0470. The Morgan fingerprint density at radius 2 is 2.16 bits per heavy atom. The van der Waals surface area contributed by atoms with Gasteiger partial charge in [0.1, 0.15) is 0 Å². The van der Waals surface area contributed by atoms with Gasteiger partial charge in [-0.1, -0.05) is 26.0 Å². The number of hydrogen-bond acceptors (Lipinski definition) is 5. The predicted molar refractivity (Wildman–Crippen MR) is 91.9 cm³/mol. The number of amides is 1. The fraction of sp³-hybridized carbons (Fsp3) is 0.778. The molecule has 0 aliphatic heterocycles. The minimum atomic E-state index is -0.493. The number of hydrogen-bond donors (Lipinski definition) is 2. The van der Waals surface area contributed by atoms with E-state index in [1.54, 1.807) is 0 Å². The molecular formula is C18H28N4O3. The highest BCUT2D eigenvalue weighted by Crippen LogP contribution is 2.63. The maximum Gasteiger partial charge on any atom is 0.407 e. The molecule has 0 saturated heterocycles. The zero-order valence-electron chi connectivity index (χ0n) is 15.5. The Labute approximate surface area is 148 Å². The van der Waals surface area contributed by atoms with Crippen LogP contribution in [0.4, 0.5) is 4.79 Å². The lowest BCUT2D eigenvalue weighted by Gasteiger charge is -2.19. The lowest BCUT2D eigenvalue weighted by Crippen LogP contribution is -2.43. The average molecular weight is 348 g/mol. The fourth-order valence-electron chi connectivity index (χ4n) is 4.40. The molecular weight excluding hydrogens is 320 g/mol. The van der Waals surface area contributed by atoms with Gasteiger partial charge in [-0.2, -0.15) is 0 Å². The maximum absolute atomic E-state index is 12.1. The molecule has 2 aliphatic carbocycles. The van der Waals surface area contributed by atoms with E-state index in [1.807, 2.05) is 13.8 Å². The lowest BCUT2D eigenvalue weighted by atomic mass is 9.92. The van der Waals surface area contributed by atoms with Gasteiger partial charge in [0.25, 0.3) is 0 Å². The molecule has 0 aromatic carbocycles. The lowest BCUT2D eigenvalue weighted by molar-refractivity contribution is -0.119. The monoisotopic (exact) mass is 348 g/mol. The molecule has 1 aromatic rings. The molecule has 0 bridgehead atoms. The standard InChI is InChI=1S/C18H28N4O3/c1-10(2)16(11(3)23)19-17(24)25-9-13-12-5-6-14-15(21-22-20-14)7-8-18(12,13)4/h10,12-13,16H,5-9H2,1-4H3,(H,19,24)(H,20,21,22)/t12-,13+,16-,18-/m0/s1. The number of Topliss-reactive ketones (excluding diaryl/α,β-unsaturated/α-hetero) is 1. The molecule has 138 valence electrons. The Kier molecular flexibility index (Phi) is 4.84. The van der Waals surface area contributed by atoms with Crippen molar-refractivity contribution in [1.29, 1.82) is 0 Å². The number of carbonyl (C=O) groups is 2. The summed E-state index contributed by atoms with van der Waals surface area (Å²) < 4.78 is 5.46. The number of alkyl carbamates (subject to hydrolysis) is 1. The van der Waals surface area contributed by atoms with Crippen LogP contribution >= 0.6 is 0 Å². The molecule has 1 aromatic heterocycles. The van der Waals surface area contributed by atoms with Crippen LogP contribution in [-0.4, -0.2) is 39.9 Å². The van der Waals surface area contributed by atoms with Crippen molar-refractivity contribution in [2.24, 2.45) is 23.2 Å². The van der Waals surface area contributed by atoms with Crippen molar-refractivity contribution in [3.63, 3.8) is 0 Å². The van der Waals surface area contributed by atoms with Crippen LogP contribution in [0.5, 0.6) is 0 Å². The van der Waals surface area contributed by atoms with E-state index < -0.39 is 12.1 Å². The summed E-state index contributed by atoms with van der Waals surface area (Å²) in [7, 11) is 0. The smallest absolute Gasteiger partial charge is 0.407 e. The van der Waals surface area contributed by atoms with Gasteiger partial charge in [-0.3, -0.25) is 9.89 Å². The highest BCUT2D eigenvalue weighted by atomic mass is 16.5. The highest BCUT2D eigenvalue weighted by Gasteiger charge is 2.60. The molecule has 25 heavy (non-hydrogen) atoms. The Morgan fingerprint density at radius 1 is 1.40 bits per heavy atom. The minimum Gasteiger partial charge on any atom is -0.449 e. The molecule has 3 rings (SSSR count). The van der Waals surface area contributed by atoms with Crippen molar-refractivity contribution in [3.8, 4) is 0 Å². The number of ketones is 1. The number of rotatable bonds is 5. The largest absolute Gasteiger partial charge is 0.449 e. The molecule has 0 spiro atoms. The van der Waals surface area contributed by atoms with E-state index in [2.05, 4.69) is 27.7 Å². The fourth-order valence-corrected chi connectivity index (χ4v) is 4.40. The van der Waals surface area contributed by atoms with Crippen LogP contribution in [0.1, 0.15) is 51.9 Å². The number of aromatic nitrogens is 3. The third-order valence-electron chi connectivity index (χ3n) is 6.15. The molecule has 7 nitrogen and oxygen atoms in total. The number of nitrogens with zero attached hydrogens (tertiary/aromatic N) is 2. The number of fused-ring (bicyclic) bond motifs is 2. The quantitative estimate of drug-likeness (QED) is 0.851. The van der Waals surface area contributed by atoms with E-state index in [0.717, 1.165) is 37.1 Å². The molecule has 1 saturated carbocycles. The summed E-state index contributed by atoms with van der Waals surface area (Å²) >= 11 is 0. The van der Waals surface area contributed by atoms with Crippen LogP contribution in [0, 0.1) is 23.2 Å². The zero-order chi connectivity index (χ0) is 18.2. The van der Waals surface area contributed by atoms with Gasteiger partial charge in [0.05, 0.1) is 24.0 Å². The summed E-state index contributed by atoms with van der Waals surface area (Å²) in [6.45, 7) is 8.01. The van der Waals surface area contributed by atoms with E-state index in [9.17, 15) is 9.59 Å². The first-order chi connectivity index (χ1) is 11.8. The predicted octanol–water partition coefficient (Wildman–Crippen LogP) is 2.28. The van der Waals surface area contributed by atoms with Crippen LogP contribution in [0.15, 0.2) is 0 Å². The van der Waals surface area contributed by atoms with Crippen molar-refractivity contribution in [3.05, 3.63) is 11.4 Å². The number of aryl methyl sites for hydroxylation is 2. The number of H-pyrrole nitrogens is 1. The topological polar surface area (TPSA) is 97.0 Å². The number of aromatic amines is 1. The second-order valence-corrected chi connectivity index (χ2v) is 8.07. The first-order valence-corrected chi connectivity index (χ1v) is 9.15. The van der Waals surface area contributed by atoms with Gasteiger partial charge in [-0.25, -0.2) is 4.79 Å². The Morgan fingerprint density at radius 3 is 2.84 bits per heavy atom. The van der Waals surface area contributed by atoms with Crippen LogP contribution in [-0.2, 0) is 22.4 Å². The van der Waals surface area contributed by atoms with E-state index in [-0.39, 0.29) is 17.1 Å². The maximum atomic E-state index is 12.1. The van der Waals surface area contributed by atoms with Crippen molar-refractivity contribution in [1.82, 2.24) is 20.7 Å². The SMILES string of the molecule is CC(=O)[C@@H](NC(=O)OC[C@@H]1[C@@H]2CCc3nn[nH]c3CC[C@]12C)C(C)C. The van der Waals surface area contributed by atoms with Crippen molar-refractivity contribution in [2.75, 3.05) is 6.61 Å². The Hall–Kier alpha value is -1.92. The normalized spacial score (nSPS) is 29.0. The molecule has 4 atom stereocenters. The Balaban J connectivity index is 1.52. The molecule has 1 fully saturated rings. The molecule has 0 radical (unpaired) electrons. The van der Waals surface area contributed by atoms with Gasteiger partial charge in [-0.15, -0.1) is 5.10 Å². The zero-order valence-corrected chi connectivity index (χ0v) is 15.5. The van der Waals surface area contributed by atoms with Crippen LogP contribution in [0.2, 0.25) is 0 Å². The van der Waals surface area contributed by atoms with E-state index in [1.165, 1.54) is 6.92 Å². The van der Waals surface area contributed by atoms with E-state index in [0.29, 0.717) is 18.4 Å². The van der Waals surface area contributed by atoms with Crippen LogP contribution < -0.4 is 5.32 Å². The summed E-state index contributed by atoms with van der Waals surface area (Å²) in [5.41, 5.74) is 2.43. The van der Waals surface area contributed by atoms with Gasteiger partial charge in [0.15, 0.2) is 5.78 Å². The van der Waals surface area contributed by atoms with Gasteiger partial charge < -0.3 is 10.1 Å². The summed E-state index contributed by atoms with van der Waals surface area (Å²) in [4.78, 5) is 23.7. The Bertz CT molecular complexity index is 657. The summed E-state index contributed by atoms with van der Waals surface area (Å²) in [6.07, 6.45) is 3.47. The molecule has 2 aliphatic rings. The highest BCUT2D eigenvalue weighted by molar-refractivity contribution is 5.85. The number of carbonyl (C=O) groups excluding carboxylic acids is 2. The molecule has 7 heteroatoms.